The van der Waals surface area contributed by atoms with Crippen LogP contribution in [-0.2, 0) is 6.42 Å². The Morgan fingerprint density at radius 3 is 2.43 bits per heavy atom. The molecule has 8 nitrogen and oxygen atoms in total. The van der Waals surface area contributed by atoms with Gasteiger partial charge in [0, 0.05) is 17.9 Å². The van der Waals surface area contributed by atoms with Crippen LogP contribution in [0.15, 0.2) is 47.8 Å². The van der Waals surface area contributed by atoms with Crippen LogP contribution in [0.5, 0.6) is 11.5 Å². The number of thiazole rings is 1. The molecular formula is C21H21N3O5S. The van der Waals surface area contributed by atoms with Crippen molar-refractivity contribution in [2.45, 2.75) is 20.3 Å². The zero-order chi connectivity index (χ0) is 21.5. The van der Waals surface area contributed by atoms with Crippen molar-refractivity contribution in [1.29, 1.82) is 0 Å². The Morgan fingerprint density at radius 1 is 1.13 bits per heavy atom. The number of amides is 1. The number of aromatic nitrogens is 1. The van der Waals surface area contributed by atoms with E-state index in [1.165, 1.54) is 23.5 Å². The summed E-state index contributed by atoms with van der Waals surface area (Å²) in [5.41, 5.74) is 1.03. The minimum absolute atomic E-state index is 0.0227. The molecule has 0 radical (unpaired) electrons. The van der Waals surface area contributed by atoms with Crippen molar-refractivity contribution in [3.63, 3.8) is 0 Å². The molecule has 0 aliphatic heterocycles. The minimum atomic E-state index is -0.574. The molecule has 1 heterocycles. The number of nitrogens with zero attached hydrogens (tertiary/aromatic N) is 2. The molecule has 0 unspecified atom stereocenters. The predicted octanol–water partition coefficient (Wildman–Crippen LogP) is 4.69. The summed E-state index contributed by atoms with van der Waals surface area (Å²) in [5.74, 6) is 0.0476. The van der Waals surface area contributed by atoms with Crippen molar-refractivity contribution in [2.75, 3.05) is 18.5 Å². The predicted molar refractivity (Wildman–Crippen MR) is 115 cm³/mol. The number of ether oxygens (including phenoxy) is 2. The van der Waals surface area contributed by atoms with Gasteiger partial charge >= 0.3 is 0 Å². The fourth-order valence-electron chi connectivity index (χ4n) is 2.79. The van der Waals surface area contributed by atoms with Gasteiger partial charge in [0.15, 0.2) is 11.5 Å². The van der Waals surface area contributed by atoms with Gasteiger partial charge in [0.25, 0.3) is 11.6 Å². The van der Waals surface area contributed by atoms with E-state index in [2.05, 4.69) is 10.3 Å². The summed E-state index contributed by atoms with van der Waals surface area (Å²) in [6, 6.07) is 12.5. The molecule has 0 aliphatic rings. The highest BCUT2D eigenvalue weighted by Crippen LogP contribution is 2.38. The van der Waals surface area contributed by atoms with Gasteiger partial charge in [-0.1, -0.05) is 30.3 Å². The maximum Gasteiger partial charge on any atom is 0.296 e. The van der Waals surface area contributed by atoms with Gasteiger partial charge in [-0.3, -0.25) is 14.9 Å². The van der Waals surface area contributed by atoms with Gasteiger partial charge in [0.05, 0.1) is 29.2 Å². The highest BCUT2D eigenvalue weighted by molar-refractivity contribution is 7.09. The molecular weight excluding hydrogens is 406 g/mol. The van der Waals surface area contributed by atoms with Crippen molar-refractivity contribution in [3.05, 3.63) is 74.2 Å². The molecule has 3 aromatic rings. The zero-order valence-electron chi connectivity index (χ0n) is 16.6. The van der Waals surface area contributed by atoms with Crippen molar-refractivity contribution >= 4 is 28.6 Å². The largest absolute Gasteiger partial charge is 0.490 e. The molecule has 0 atom stereocenters. The molecule has 1 aromatic heterocycles. The van der Waals surface area contributed by atoms with E-state index in [0.29, 0.717) is 25.4 Å². The van der Waals surface area contributed by atoms with E-state index in [4.69, 9.17) is 9.47 Å². The molecule has 0 bridgehead atoms. The fraction of sp³-hybridized carbons (Fsp3) is 0.238. The van der Waals surface area contributed by atoms with Crippen LogP contribution >= 0.6 is 11.3 Å². The monoisotopic (exact) mass is 427 g/mol. The quantitative estimate of drug-likeness (QED) is 0.392. The topological polar surface area (TPSA) is 104 Å². The number of benzene rings is 2. The molecule has 0 fully saturated rings. The summed E-state index contributed by atoms with van der Waals surface area (Å²) in [6.07, 6.45) is 0.608. The first-order valence-electron chi connectivity index (χ1n) is 9.39. The second-order valence-corrected chi connectivity index (χ2v) is 7.12. The summed E-state index contributed by atoms with van der Waals surface area (Å²) in [4.78, 5) is 28.0. The number of hydrogen-bond acceptors (Lipinski definition) is 7. The Labute approximate surface area is 177 Å². The Kier molecular flexibility index (Phi) is 6.97. The second-order valence-electron chi connectivity index (χ2n) is 6.18. The standard InChI is InChI=1S/C21H21N3O5S/c1-3-28-18-11-15(17(24(26)27)12-19(18)29-4-2)23-21(25)16-13-30-20(22-16)10-14-8-6-5-7-9-14/h5-9,11-13H,3-4,10H2,1-2H3,(H,23,25). The summed E-state index contributed by atoms with van der Waals surface area (Å²) in [6.45, 7) is 4.23. The molecule has 1 N–H and O–H groups in total. The van der Waals surface area contributed by atoms with E-state index in [-0.39, 0.29) is 22.8 Å². The molecule has 30 heavy (non-hydrogen) atoms. The first-order valence-corrected chi connectivity index (χ1v) is 10.3. The van der Waals surface area contributed by atoms with Gasteiger partial charge in [-0.15, -0.1) is 11.3 Å². The second kappa shape index (κ2) is 9.84. The number of nitro groups is 1. The Bertz CT molecular complexity index is 1040. The lowest BCUT2D eigenvalue weighted by molar-refractivity contribution is -0.384. The van der Waals surface area contributed by atoms with Crippen molar-refractivity contribution in [3.8, 4) is 11.5 Å². The Morgan fingerprint density at radius 2 is 1.80 bits per heavy atom. The third-order valence-corrected chi connectivity index (χ3v) is 4.94. The molecule has 1 amide bonds. The number of carbonyl (C=O) groups is 1. The average molecular weight is 427 g/mol. The Hall–Kier alpha value is -3.46. The lowest BCUT2D eigenvalue weighted by atomic mass is 10.2. The summed E-state index contributed by atoms with van der Waals surface area (Å²) >= 11 is 1.36. The normalized spacial score (nSPS) is 10.5. The van der Waals surface area contributed by atoms with Gasteiger partial charge in [-0.05, 0) is 19.4 Å². The van der Waals surface area contributed by atoms with Crippen molar-refractivity contribution in [2.24, 2.45) is 0 Å². The van der Waals surface area contributed by atoms with Crippen LogP contribution in [0.2, 0.25) is 0 Å². The smallest absolute Gasteiger partial charge is 0.296 e. The van der Waals surface area contributed by atoms with Crippen LogP contribution < -0.4 is 14.8 Å². The Balaban J connectivity index is 1.83. The zero-order valence-corrected chi connectivity index (χ0v) is 17.4. The lowest BCUT2D eigenvalue weighted by Gasteiger charge is -2.13. The van der Waals surface area contributed by atoms with Crippen LogP contribution in [0.25, 0.3) is 0 Å². The first-order chi connectivity index (χ1) is 14.5. The van der Waals surface area contributed by atoms with Crippen LogP contribution in [0.1, 0.15) is 34.9 Å². The fourth-order valence-corrected chi connectivity index (χ4v) is 3.60. The van der Waals surface area contributed by atoms with Crippen LogP contribution in [0.3, 0.4) is 0 Å². The molecule has 0 aliphatic carbocycles. The molecule has 156 valence electrons. The van der Waals surface area contributed by atoms with E-state index in [1.54, 1.807) is 19.2 Å². The van der Waals surface area contributed by atoms with E-state index in [9.17, 15) is 14.9 Å². The van der Waals surface area contributed by atoms with Crippen LogP contribution in [-0.4, -0.2) is 29.0 Å². The lowest BCUT2D eigenvalue weighted by Crippen LogP contribution is -2.14. The summed E-state index contributed by atoms with van der Waals surface area (Å²) in [7, 11) is 0. The van der Waals surface area contributed by atoms with Crippen molar-refractivity contribution in [1.82, 2.24) is 4.98 Å². The molecule has 0 saturated heterocycles. The molecule has 0 spiro atoms. The van der Waals surface area contributed by atoms with Crippen molar-refractivity contribution < 1.29 is 19.2 Å². The maximum atomic E-state index is 12.7. The molecule has 0 saturated carbocycles. The van der Waals surface area contributed by atoms with E-state index in [1.807, 2.05) is 30.3 Å². The van der Waals surface area contributed by atoms with Gasteiger partial charge in [0.2, 0.25) is 0 Å². The molecule has 9 heteroatoms. The summed E-state index contributed by atoms with van der Waals surface area (Å²) in [5, 5.41) is 16.5. The third-order valence-electron chi connectivity index (χ3n) is 4.09. The van der Waals surface area contributed by atoms with Gasteiger partial charge in [-0.2, -0.15) is 0 Å². The highest BCUT2D eigenvalue weighted by Gasteiger charge is 2.23. The number of nitro benzene ring substituents is 1. The number of carbonyl (C=O) groups excluding carboxylic acids is 1. The van der Waals surface area contributed by atoms with Crippen LogP contribution in [0, 0.1) is 10.1 Å². The maximum absolute atomic E-state index is 12.7. The van der Waals surface area contributed by atoms with Crippen LogP contribution in [0.4, 0.5) is 11.4 Å². The number of rotatable bonds is 9. The van der Waals surface area contributed by atoms with E-state index < -0.39 is 10.8 Å². The van der Waals surface area contributed by atoms with E-state index >= 15 is 0 Å². The number of anilines is 1. The van der Waals surface area contributed by atoms with Gasteiger partial charge in [-0.25, -0.2) is 4.98 Å². The highest BCUT2D eigenvalue weighted by atomic mass is 32.1. The van der Waals surface area contributed by atoms with Gasteiger partial charge in [0.1, 0.15) is 11.4 Å². The van der Waals surface area contributed by atoms with E-state index in [0.717, 1.165) is 10.6 Å². The number of nitrogens with one attached hydrogen (secondary N) is 1. The first kappa shape index (κ1) is 21.3. The SMILES string of the molecule is CCOc1cc(NC(=O)c2csc(Cc3ccccc3)n2)c([N+](=O)[O-])cc1OCC. The summed E-state index contributed by atoms with van der Waals surface area (Å²) < 4.78 is 10.9. The minimum Gasteiger partial charge on any atom is -0.490 e. The average Bonchev–Trinajstić information content (AvgIpc) is 3.19. The molecule has 3 rings (SSSR count). The van der Waals surface area contributed by atoms with Gasteiger partial charge < -0.3 is 14.8 Å². The molecule has 2 aromatic carbocycles. The number of hydrogen-bond donors (Lipinski definition) is 1. The third kappa shape index (κ3) is 5.12.